The number of nitrogens with zero attached hydrogens (tertiary/aromatic N) is 2. The second-order valence-electron chi connectivity index (χ2n) is 7.18. The summed E-state index contributed by atoms with van der Waals surface area (Å²) in [4.78, 5) is 38.7. The number of rotatable bonds is 6. The fourth-order valence-corrected chi connectivity index (χ4v) is 2.57. The Morgan fingerprint density at radius 3 is 2.58 bits per heavy atom. The Morgan fingerprint density at radius 1 is 1.38 bits per heavy atom. The first-order chi connectivity index (χ1) is 12.1. The van der Waals surface area contributed by atoms with E-state index in [1.54, 1.807) is 20.8 Å². The van der Waals surface area contributed by atoms with Gasteiger partial charge in [-0.05, 0) is 27.2 Å². The molecule has 0 aromatic rings. The number of aliphatic hydroxyl groups excluding tert-OH is 1. The van der Waals surface area contributed by atoms with Crippen LogP contribution in [-0.4, -0.2) is 84.0 Å². The monoisotopic (exact) mass is 371 g/mol. The van der Waals surface area contributed by atoms with Crippen LogP contribution < -0.4 is 5.32 Å². The molecule has 1 fully saturated rings. The number of alkyl carbamates (subject to hydrolysis) is 1. The van der Waals surface area contributed by atoms with Gasteiger partial charge in [0.2, 0.25) is 5.91 Å². The van der Waals surface area contributed by atoms with Crippen LogP contribution in [0.25, 0.3) is 0 Å². The predicted molar refractivity (Wildman–Crippen MR) is 94.5 cm³/mol. The van der Waals surface area contributed by atoms with Crippen LogP contribution in [0.4, 0.5) is 9.59 Å². The number of nitrogens with one attached hydrogen (secondary N) is 1. The van der Waals surface area contributed by atoms with E-state index in [9.17, 15) is 19.5 Å². The van der Waals surface area contributed by atoms with Crippen LogP contribution in [0.5, 0.6) is 0 Å². The molecule has 1 saturated heterocycles. The number of amides is 3. The number of ether oxygens (including phenoxy) is 2. The van der Waals surface area contributed by atoms with E-state index in [0.29, 0.717) is 6.42 Å². The summed E-state index contributed by atoms with van der Waals surface area (Å²) in [6, 6.07) is -0.760. The van der Waals surface area contributed by atoms with Gasteiger partial charge in [0, 0.05) is 13.6 Å². The summed E-state index contributed by atoms with van der Waals surface area (Å²) in [7, 11) is 1.45. The van der Waals surface area contributed by atoms with Gasteiger partial charge in [0.25, 0.3) is 0 Å². The average Bonchev–Trinajstić information content (AvgIpc) is 2.93. The van der Waals surface area contributed by atoms with Crippen molar-refractivity contribution < 1.29 is 29.0 Å². The molecular formula is C17H29N3O6. The van der Waals surface area contributed by atoms with E-state index >= 15 is 0 Å². The van der Waals surface area contributed by atoms with Crippen molar-refractivity contribution in [2.24, 2.45) is 0 Å². The Morgan fingerprint density at radius 2 is 2.04 bits per heavy atom. The molecule has 148 valence electrons. The summed E-state index contributed by atoms with van der Waals surface area (Å²) < 4.78 is 10.1. The Labute approximate surface area is 153 Å². The molecule has 0 bridgehead atoms. The Kier molecular flexibility index (Phi) is 7.88. The molecule has 26 heavy (non-hydrogen) atoms. The van der Waals surface area contributed by atoms with Gasteiger partial charge in [-0.1, -0.05) is 12.7 Å². The van der Waals surface area contributed by atoms with Crippen LogP contribution in [-0.2, 0) is 14.3 Å². The molecule has 9 heteroatoms. The van der Waals surface area contributed by atoms with Crippen molar-refractivity contribution in [3.8, 4) is 0 Å². The fraction of sp³-hybridized carbons (Fsp3) is 0.706. The lowest BCUT2D eigenvalue weighted by molar-refractivity contribution is -0.133. The van der Waals surface area contributed by atoms with Crippen molar-refractivity contribution in [3.05, 3.63) is 12.7 Å². The van der Waals surface area contributed by atoms with Crippen LogP contribution >= 0.6 is 0 Å². The molecule has 0 aliphatic carbocycles. The average molecular weight is 371 g/mol. The zero-order chi connectivity index (χ0) is 19.9. The van der Waals surface area contributed by atoms with Gasteiger partial charge in [-0.25, -0.2) is 9.59 Å². The van der Waals surface area contributed by atoms with E-state index in [1.807, 2.05) is 0 Å². The molecule has 1 aliphatic heterocycles. The topological polar surface area (TPSA) is 108 Å². The minimum absolute atomic E-state index is 0.0578. The van der Waals surface area contributed by atoms with Crippen LogP contribution in [0.1, 0.15) is 27.2 Å². The standard InChI is InChI=1S/C17H29N3O6/c1-6-7-25-16(24)19(5)10-14(22)20-9-12(8-13(20)11-21)18-15(23)26-17(2,3)4/h6,12-13,21H,1,7-11H2,2-5H3,(H,18,23)/t12-,13-/m0/s1. The smallest absolute Gasteiger partial charge is 0.410 e. The summed E-state index contributed by atoms with van der Waals surface area (Å²) >= 11 is 0. The lowest BCUT2D eigenvalue weighted by Crippen LogP contribution is -2.45. The third-order valence-electron chi connectivity index (χ3n) is 3.68. The summed E-state index contributed by atoms with van der Waals surface area (Å²) in [5.41, 5.74) is -0.622. The van der Waals surface area contributed by atoms with Gasteiger partial charge in [0.1, 0.15) is 18.8 Å². The molecule has 0 saturated carbocycles. The largest absolute Gasteiger partial charge is 0.445 e. The highest BCUT2D eigenvalue weighted by atomic mass is 16.6. The third-order valence-corrected chi connectivity index (χ3v) is 3.68. The molecule has 0 aromatic carbocycles. The molecule has 3 amide bonds. The number of likely N-dealkylation sites (tertiary alicyclic amines) is 1. The molecule has 1 rings (SSSR count). The maximum Gasteiger partial charge on any atom is 0.410 e. The van der Waals surface area contributed by atoms with Crippen LogP contribution in [0.3, 0.4) is 0 Å². The van der Waals surface area contributed by atoms with Crippen molar-refractivity contribution in [2.75, 3.05) is 33.4 Å². The van der Waals surface area contributed by atoms with Crippen LogP contribution in [0.2, 0.25) is 0 Å². The molecule has 0 unspecified atom stereocenters. The molecular weight excluding hydrogens is 342 g/mol. The van der Waals surface area contributed by atoms with Gasteiger partial charge in [0.15, 0.2) is 0 Å². The normalized spacial score (nSPS) is 19.7. The van der Waals surface area contributed by atoms with E-state index in [4.69, 9.17) is 9.47 Å². The quantitative estimate of drug-likeness (QED) is 0.666. The minimum atomic E-state index is -0.638. The number of carbonyl (C=O) groups excluding carboxylic acids is 3. The first kappa shape index (κ1) is 21.8. The van der Waals surface area contributed by atoms with E-state index in [-0.39, 0.29) is 38.3 Å². The van der Waals surface area contributed by atoms with Crippen molar-refractivity contribution >= 4 is 18.1 Å². The SMILES string of the molecule is C=CCOC(=O)N(C)CC(=O)N1C[C@@H](NC(=O)OC(C)(C)C)C[C@H]1CO. The van der Waals surface area contributed by atoms with Crippen molar-refractivity contribution in [2.45, 2.75) is 44.9 Å². The maximum absolute atomic E-state index is 12.5. The molecule has 1 heterocycles. The zero-order valence-corrected chi connectivity index (χ0v) is 15.9. The second kappa shape index (κ2) is 9.42. The van der Waals surface area contributed by atoms with Crippen molar-refractivity contribution in [1.29, 1.82) is 0 Å². The van der Waals surface area contributed by atoms with Crippen LogP contribution in [0.15, 0.2) is 12.7 Å². The number of carbonyl (C=O) groups is 3. The third kappa shape index (κ3) is 6.91. The van der Waals surface area contributed by atoms with E-state index < -0.39 is 23.8 Å². The lowest BCUT2D eigenvalue weighted by Gasteiger charge is -2.25. The van der Waals surface area contributed by atoms with Gasteiger partial charge in [-0.2, -0.15) is 0 Å². The van der Waals surface area contributed by atoms with Gasteiger partial charge < -0.3 is 29.7 Å². The van der Waals surface area contributed by atoms with Gasteiger partial charge >= 0.3 is 12.2 Å². The van der Waals surface area contributed by atoms with E-state index in [2.05, 4.69) is 11.9 Å². The molecule has 0 radical (unpaired) electrons. The van der Waals surface area contributed by atoms with Gasteiger partial charge in [-0.15, -0.1) is 0 Å². The van der Waals surface area contributed by atoms with E-state index in [0.717, 1.165) is 4.90 Å². The Balaban J connectivity index is 2.60. The first-order valence-corrected chi connectivity index (χ1v) is 8.46. The molecule has 0 spiro atoms. The highest BCUT2D eigenvalue weighted by Crippen LogP contribution is 2.19. The fourth-order valence-electron chi connectivity index (χ4n) is 2.57. The molecule has 0 aromatic heterocycles. The first-order valence-electron chi connectivity index (χ1n) is 8.46. The summed E-state index contributed by atoms with van der Waals surface area (Å²) in [5, 5.41) is 12.2. The summed E-state index contributed by atoms with van der Waals surface area (Å²) in [6.07, 6.45) is 0.634. The number of hydrogen-bond donors (Lipinski definition) is 2. The number of hydrogen-bond acceptors (Lipinski definition) is 6. The highest BCUT2D eigenvalue weighted by molar-refractivity contribution is 5.83. The van der Waals surface area contributed by atoms with Gasteiger partial charge in [0.05, 0.1) is 18.7 Å². The summed E-state index contributed by atoms with van der Waals surface area (Å²) in [6.45, 7) is 8.59. The lowest BCUT2D eigenvalue weighted by atomic mass is 10.2. The number of likely N-dealkylation sites (N-methyl/N-ethyl adjacent to an activating group) is 1. The van der Waals surface area contributed by atoms with Crippen molar-refractivity contribution in [3.63, 3.8) is 0 Å². The van der Waals surface area contributed by atoms with E-state index in [1.165, 1.54) is 18.0 Å². The zero-order valence-electron chi connectivity index (χ0n) is 15.9. The maximum atomic E-state index is 12.5. The molecule has 9 nitrogen and oxygen atoms in total. The highest BCUT2D eigenvalue weighted by Gasteiger charge is 2.36. The van der Waals surface area contributed by atoms with Crippen molar-refractivity contribution in [1.82, 2.24) is 15.1 Å². The summed E-state index contributed by atoms with van der Waals surface area (Å²) in [5.74, 6) is -0.337. The molecule has 1 aliphatic rings. The Bertz CT molecular complexity index is 531. The predicted octanol–water partition coefficient (Wildman–Crippen LogP) is 0.727. The van der Waals surface area contributed by atoms with Crippen LogP contribution in [0, 0.1) is 0 Å². The number of aliphatic hydroxyl groups is 1. The van der Waals surface area contributed by atoms with Gasteiger partial charge in [-0.3, -0.25) is 4.79 Å². The molecule has 2 atom stereocenters. The Hall–Kier alpha value is -2.29. The minimum Gasteiger partial charge on any atom is -0.445 e. The molecule has 2 N–H and O–H groups in total. The second-order valence-corrected chi connectivity index (χ2v) is 7.18.